The fourth-order valence-corrected chi connectivity index (χ4v) is 8.51. The van der Waals surface area contributed by atoms with Gasteiger partial charge in [-0.25, -0.2) is 4.79 Å². The molecule has 1 aromatic carbocycles. The van der Waals surface area contributed by atoms with E-state index in [2.05, 4.69) is 5.32 Å². The van der Waals surface area contributed by atoms with Gasteiger partial charge in [-0.3, -0.25) is 19.8 Å². The molecule has 0 spiro atoms. The van der Waals surface area contributed by atoms with Crippen molar-refractivity contribution in [2.45, 2.75) is 94.2 Å². The lowest BCUT2D eigenvalue weighted by molar-refractivity contribution is -0.271. The molecule has 2 N–H and O–H groups in total. The van der Waals surface area contributed by atoms with Crippen LogP contribution < -0.4 is 5.32 Å². The van der Waals surface area contributed by atoms with Crippen LogP contribution in [0.2, 0.25) is 0 Å². The maximum atomic E-state index is 13.2. The summed E-state index contributed by atoms with van der Waals surface area (Å²) < 4.78 is 19.5. The normalized spacial score (nSPS) is 44.2. The van der Waals surface area contributed by atoms with Crippen molar-refractivity contribution in [2.24, 2.45) is 23.7 Å². The lowest BCUT2D eigenvalue weighted by atomic mass is 9.62. The van der Waals surface area contributed by atoms with Crippen molar-refractivity contribution in [3.8, 4) is 0 Å². The summed E-state index contributed by atoms with van der Waals surface area (Å²) in [6, 6.07) is 9.27. The third-order valence-corrected chi connectivity index (χ3v) is 9.90. The molecule has 3 aliphatic heterocycles. The third kappa shape index (κ3) is 3.72. The van der Waals surface area contributed by atoms with Gasteiger partial charge in [0.15, 0.2) is 0 Å². The lowest BCUT2D eigenvalue weighted by Gasteiger charge is -2.53. The number of hydrogen-bond donors (Lipinski definition) is 2. The molecule has 3 saturated carbocycles. The SMILES string of the molecule is O=C1NC(=O)C2C1C1OC3CCCCC3OC1C1C2C2CC(OCc3ccccc3)CCC2N1C(=O)O. The van der Waals surface area contributed by atoms with Crippen LogP contribution in [0.4, 0.5) is 4.79 Å². The van der Waals surface area contributed by atoms with Gasteiger partial charge in [-0.2, -0.15) is 0 Å². The second-order valence-corrected chi connectivity index (χ2v) is 11.7. The van der Waals surface area contributed by atoms with Crippen LogP contribution in [0.15, 0.2) is 30.3 Å². The minimum absolute atomic E-state index is 0.0292. The Morgan fingerprint density at radius 1 is 0.973 bits per heavy atom. The number of likely N-dealkylation sites (tertiary alicyclic amines) is 1. The van der Waals surface area contributed by atoms with Gasteiger partial charge in [0.05, 0.1) is 48.9 Å². The molecule has 3 amide bonds. The van der Waals surface area contributed by atoms with Gasteiger partial charge in [-0.1, -0.05) is 43.2 Å². The number of ether oxygens (including phenoxy) is 3. The number of rotatable bonds is 3. The molecule has 6 aliphatic rings. The van der Waals surface area contributed by atoms with Crippen molar-refractivity contribution < 1.29 is 33.7 Å². The van der Waals surface area contributed by atoms with E-state index in [1.807, 2.05) is 30.3 Å². The summed E-state index contributed by atoms with van der Waals surface area (Å²) in [7, 11) is 0. The molecule has 37 heavy (non-hydrogen) atoms. The summed E-state index contributed by atoms with van der Waals surface area (Å²) in [4.78, 5) is 40.6. The van der Waals surface area contributed by atoms with Crippen LogP contribution in [0.1, 0.15) is 50.5 Å². The fraction of sp³-hybridized carbons (Fsp3) is 0.679. The molecule has 0 aromatic heterocycles. The zero-order chi connectivity index (χ0) is 25.3. The summed E-state index contributed by atoms with van der Waals surface area (Å²) in [6.45, 7) is 0.495. The second kappa shape index (κ2) is 9.06. The van der Waals surface area contributed by atoms with Gasteiger partial charge in [-0.05, 0) is 49.5 Å². The van der Waals surface area contributed by atoms with E-state index in [1.54, 1.807) is 4.90 Å². The van der Waals surface area contributed by atoms with E-state index in [9.17, 15) is 19.5 Å². The van der Waals surface area contributed by atoms with Crippen molar-refractivity contribution in [1.82, 2.24) is 10.2 Å². The van der Waals surface area contributed by atoms with Gasteiger partial charge in [0.2, 0.25) is 11.8 Å². The van der Waals surface area contributed by atoms with E-state index in [1.165, 1.54) is 0 Å². The Labute approximate surface area is 215 Å². The molecule has 11 unspecified atom stereocenters. The molecule has 6 fully saturated rings. The van der Waals surface area contributed by atoms with Crippen molar-refractivity contribution in [1.29, 1.82) is 0 Å². The predicted molar refractivity (Wildman–Crippen MR) is 129 cm³/mol. The maximum Gasteiger partial charge on any atom is 0.407 e. The van der Waals surface area contributed by atoms with Crippen molar-refractivity contribution >= 4 is 17.9 Å². The number of amides is 3. The van der Waals surface area contributed by atoms with Gasteiger partial charge in [0.1, 0.15) is 6.10 Å². The van der Waals surface area contributed by atoms with E-state index in [0.717, 1.165) is 37.7 Å². The van der Waals surface area contributed by atoms with Crippen LogP contribution in [0, 0.1) is 23.7 Å². The molecule has 9 nitrogen and oxygen atoms in total. The van der Waals surface area contributed by atoms with E-state index in [4.69, 9.17) is 14.2 Å². The average Bonchev–Trinajstić information content (AvgIpc) is 3.40. The third-order valence-electron chi connectivity index (χ3n) is 9.90. The largest absolute Gasteiger partial charge is 0.465 e. The average molecular weight is 511 g/mol. The molecule has 0 radical (unpaired) electrons. The Morgan fingerprint density at radius 3 is 2.41 bits per heavy atom. The summed E-state index contributed by atoms with van der Waals surface area (Å²) in [5.41, 5.74) is 1.09. The monoisotopic (exact) mass is 510 g/mol. The number of nitrogens with one attached hydrogen (secondary N) is 1. The molecule has 11 atom stereocenters. The van der Waals surface area contributed by atoms with Crippen LogP contribution in [0.5, 0.6) is 0 Å². The first-order valence-electron chi connectivity index (χ1n) is 13.8. The molecule has 3 saturated heterocycles. The summed E-state index contributed by atoms with van der Waals surface area (Å²) >= 11 is 0. The second-order valence-electron chi connectivity index (χ2n) is 11.7. The van der Waals surface area contributed by atoms with E-state index in [0.29, 0.717) is 19.4 Å². The Bertz CT molecular complexity index is 1080. The van der Waals surface area contributed by atoms with Crippen molar-refractivity contribution in [3.05, 3.63) is 35.9 Å². The standard InChI is InChI=1S/C28H34N2O7/c31-26-21-20-16-12-15(35-13-14-6-2-1-3-7-14)10-11-17(16)30(28(33)34)23(20)25-24(22(21)27(32)29-26)36-18-8-4-5-9-19(18)37-25/h1-3,6-7,15-25H,4-5,8-13H2,(H,33,34)(H,29,31,32). The number of fused-ring (bicyclic) bond motifs is 9. The number of nitrogens with zero attached hydrogens (tertiary/aromatic N) is 1. The van der Waals surface area contributed by atoms with Crippen LogP contribution in [0.3, 0.4) is 0 Å². The first-order valence-corrected chi connectivity index (χ1v) is 13.8. The van der Waals surface area contributed by atoms with E-state index >= 15 is 0 Å². The van der Waals surface area contributed by atoms with E-state index < -0.39 is 36.2 Å². The van der Waals surface area contributed by atoms with Crippen LogP contribution in [-0.2, 0) is 30.4 Å². The maximum absolute atomic E-state index is 13.2. The number of carbonyl (C=O) groups excluding carboxylic acids is 2. The minimum Gasteiger partial charge on any atom is -0.465 e. The topological polar surface area (TPSA) is 114 Å². The predicted octanol–water partition coefficient (Wildman–Crippen LogP) is 2.72. The molecular formula is C28H34N2O7. The van der Waals surface area contributed by atoms with Gasteiger partial charge in [0, 0.05) is 6.04 Å². The molecule has 9 heteroatoms. The van der Waals surface area contributed by atoms with Crippen LogP contribution in [-0.4, -0.2) is 70.5 Å². The summed E-state index contributed by atoms with van der Waals surface area (Å²) in [6.07, 6.45) is 3.56. The lowest BCUT2D eigenvalue weighted by Crippen LogP contribution is -2.67. The fourth-order valence-electron chi connectivity index (χ4n) is 8.51. The molecule has 198 valence electrons. The molecule has 1 aromatic rings. The highest BCUT2D eigenvalue weighted by Crippen LogP contribution is 2.57. The first-order chi connectivity index (χ1) is 18.0. The smallest absolute Gasteiger partial charge is 0.407 e. The van der Waals surface area contributed by atoms with Crippen LogP contribution >= 0.6 is 0 Å². The van der Waals surface area contributed by atoms with Crippen LogP contribution in [0.25, 0.3) is 0 Å². The molecule has 0 bridgehead atoms. The Kier molecular flexibility index (Phi) is 5.78. The minimum atomic E-state index is -0.984. The highest BCUT2D eigenvalue weighted by atomic mass is 16.6. The van der Waals surface area contributed by atoms with Crippen molar-refractivity contribution in [3.63, 3.8) is 0 Å². The number of benzene rings is 1. The number of imide groups is 1. The highest BCUT2D eigenvalue weighted by Gasteiger charge is 2.70. The van der Waals surface area contributed by atoms with Gasteiger partial charge < -0.3 is 19.3 Å². The molecule has 3 heterocycles. The number of carboxylic acid groups (broad SMARTS) is 1. The zero-order valence-corrected chi connectivity index (χ0v) is 20.7. The Morgan fingerprint density at radius 2 is 1.68 bits per heavy atom. The molecule has 3 aliphatic carbocycles. The number of hydrogen-bond acceptors (Lipinski definition) is 6. The first kappa shape index (κ1) is 23.6. The quantitative estimate of drug-likeness (QED) is 0.601. The van der Waals surface area contributed by atoms with Gasteiger partial charge in [0.25, 0.3) is 0 Å². The van der Waals surface area contributed by atoms with Crippen molar-refractivity contribution in [2.75, 3.05) is 0 Å². The highest BCUT2D eigenvalue weighted by molar-refractivity contribution is 6.06. The molecule has 7 rings (SSSR count). The molecular weight excluding hydrogens is 476 g/mol. The Hall–Kier alpha value is -2.49. The van der Waals surface area contributed by atoms with E-state index in [-0.39, 0.29) is 48.0 Å². The van der Waals surface area contributed by atoms with Gasteiger partial charge in [-0.15, -0.1) is 0 Å². The zero-order valence-electron chi connectivity index (χ0n) is 20.7. The summed E-state index contributed by atoms with van der Waals surface area (Å²) in [5.74, 6) is -2.22. The Balaban J connectivity index is 1.21. The number of carbonyl (C=O) groups is 3. The van der Waals surface area contributed by atoms with Gasteiger partial charge >= 0.3 is 6.09 Å². The summed E-state index contributed by atoms with van der Waals surface area (Å²) in [5, 5.41) is 13.0.